The molecule has 0 spiro atoms. The lowest BCUT2D eigenvalue weighted by molar-refractivity contribution is 0.728. The zero-order valence-electron chi connectivity index (χ0n) is 26.3. The van der Waals surface area contributed by atoms with Crippen LogP contribution in [0.25, 0.3) is 55.9 Å². The standard InChI is InChI=1S/C44H35N3/c1-2-44-46-40-25-11-12-26-43(40)47(44)37-22-14-20-34(28-37)33-19-13-21-35(27-33)38-23-9-10-24-39(38)36-29-41(31-15-5-3-6-16-31)45-42(30-36)32-17-7-4-8-18-32/h3-30,44,46H,2H2,1H3. The van der Waals surface area contributed by atoms with Crippen molar-refractivity contribution in [2.75, 3.05) is 10.2 Å². The van der Waals surface area contributed by atoms with Crippen LogP contribution in [0.2, 0.25) is 0 Å². The zero-order valence-corrected chi connectivity index (χ0v) is 26.3. The van der Waals surface area contributed by atoms with E-state index < -0.39 is 0 Å². The first-order valence-electron chi connectivity index (χ1n) is 16.3. The smallest absolute Gasteiger partial charge is 0.104 e. The van der Waals surface area contributed by atoms with Crippen molar-refractivity contribution in [3.63, 3.8) is 0 Å². The SMILES string of the molecule is CCC1Nc2ccccc2N1c1cccc(-c2cccc(-c3ccccc3-c3cc(-c4ccccc4)nc(-c4ccccc4)c3)c2)c1. The molecule has 226 valence electrons. The van der Waals surface area contributed by atoms with Gasteiger partial charge < -0.3 is 10.2 Å². The van der Waals surface area contributed by atoms with Crippen molar-refractivity contribution in [3.05, 3.63) is 170 Å². The summed E-state index contributed by atoms with van der Waals surface area (Å²) in [5.41, 5.74) is 14.8. The molecule has 0 amide bonds. The second kappa shape index (κ2) is 12.5. The normalized spacial score (nSPS) is 13.6. The molecule has 3 heteroatoms. The molecule has 1 aliphatic heterocycles. The van der Waals surface area contributed by atoms with E-state index in [2.05, 4.69) is 175 Å². The van der Waals surface area contributed by atoms with Gasteiger partial charge in [0.25, 0.3) is 0 Å². The average molecular weight is 606 g/mol. The highest BCUT2D eigenvalue weighted by molar-refractivity contribution is 5.89. The molecule has 2 heterocycles. The number of nitrogens with one attached hydrogen (secondary N) is 1. The molecule has 7 aromatic rings. The highest BCUT2D eigenvalue weighted by Crippen LogP contribution is 2.42. The van der Waals surface area contributed by atoms with Crippen LogP contribution in [0, 0.1) is 0 Å². The molecular formula is C44H35N3. The fourth-order valence-corrected chi connectivity index (χ4v) is 6.71. The number of aromatic nitrogens is 1. The maximum absolute atomic E-state index is 5.11. The fraction of sp³-hybridized carbons (Fsp3) is 0.0682. The largest absolute Gasteiger partial charge is 0.363 e. The van der Waals surface area contributed by atoms with E-state index >= 15 is 0 Å². The Hall–Kier alpha value is -5.93. The molecule has 1 atom stereocenters. The van der Waals surface area contributed by atoms with Gasteiger partial charge in [0.1, 0.15) is 6.17 Å². The van der Waals surface area contributed by atoms with Crippen LogP contribution in [0.1, 0.15) is 13.3 Å². The van der Waals surface area contributed by atoms with Gasteiger partial charge in [-0.25, -0.2) is 4.98 Å². The van der Waals surface area contributed by atoms with Crippen molar-refractivity contribution >= 4 is 17.1 Å². The minimum Gasteiger partial charge on any atom is -0.363 e. The molecule has 1 unspecified atom stereocenters. The summed E-state index contributed by atoms with van der Waals surface area (Å²) in [5, 5.41) is 3.69. The van der Waals surface area contributed by atoms with E-state index in [-0.39, 0.29) is 6.17 Å². The molecule has 1 aromatic heterocycles. The zero-order chi connectivity index (χ0) is 31.6. The summed E-state index contributed by atoms with van der Waals surface area (Å²) in [4.78, 5) is 7.54. The van der Waals surface area contributed by atoms with Gasteiger partial charge in [-0.05, 0) is 82.3 Å². The van der Waals surface area contributed by atoms with Gasteiger partial charge in [-0.3, -0.25) is 0 Å². The quantitative estimate of drug-likeness (QED) is 0.196. The molecule has 0 saturated carbocycles. The summed E-state index contributed by atoms with van der Waals surface area (Å²) in [7, 11) is 0. The lowest BCUT2D eigenvalue weighted by Crippen LogP contribution is -2.30. The van der Waals surface area contributed by atoms with E-state index in [4.69, 9.17) is 4.98 Å². The molecule has 0 saturated heterocycles. The maximum atomic E-state index is 5.11. The lowest BCUT2D eigenvalue weighted by Gasteiger charge is -2.26. The Labute approximate surface area is 276 Å². The van der Waals surface area contributed by atoms with Crippen molar-refractivity contribution in [1.82, 2.24) is 4.98 Å². The molecule has 8 rings (SSSR count). The number of pyridine rings is 1. The van der Waals surface area contributed by atoms with Crippen LogP contribution >= 0.6 is 0 Å². The first-order valence-corrected chi connectivity index (χ1v) is 16.3. The van der Waals surface area contributed by atoms with Gasteiger partial charge in [0.2, 0.25) is 0 Å². The first kappa shape index (κ1) is 28.5. The van der Waals surface area contributed by atoms with Gasteiger partial charge in [0.15, 0.2) is 0 Å². The molecule has 0 bridgehead atoms. The Morgan fingerprint density at radius 1 is 0.489 bits per heavy atom. The van der Waals surface area contributed by atoms with Crippen molar-refractivity contribution < 1.29 is 0 Å². The van der Waals surface area contributed by atoms with E-state index in [1.165, 1.54) is 44.9 Å². The molecule has 6 aromatic carbocycles. The monoisotopic (exact) mass is 605 g/mol. The summed E-state index contributed by atoms with van der Waals surface area (Å²) >= 11 is 0. The number of nitrogens with zero attached hydrogens (tertiary/aromatic N) is 2. The molecule has 1 aliphatic rings. The Balaban J connectivity index is 1.20. The number of fused-ring (bicyclic) bond motifs is 1. The minimum absolute atomic E-state index is 0.225. The lowest BCUT2D eigenvalue weighted by atomic mass is 9.91. The highest BCUT2D eigenvalue weighted by Gasteiger charge is 2.28. The number of para-hydroxylation sites is 2. The Bertz CT molecular complexity index is 2110. The van der Waals surface area contributed by atoms with Crippen LogP contribution in [0.4, 0.5) is 17.1 Å². The predicted octanol–water partition coefficient (Wildman–Crippen LogP) is 11.7. The first-order chi connectivity index (χ1) is 23.2. The van der Waals surface area contributed by atoms with Gasteiger partial charge in [-0.15, -0.1) is 0 Å². The van der Waals surface area contributed by atoms with Crippen LogP contribution in [-0.4, -0.2) is 11.1 Å². The van der Waals surface area contributed by atoms with Gasteiger partial charge >= 0.3 is 0 Å². The Morgan fingerprint density at radius 3 is 1.70 bits per heavy atom. The van der Waals surface area contributed by atoms with Crippen molar-refractivity contribution in [1.29, 1.82) is 0 Å². The summed E-state index contributed by atoms with van der Waals surface area (Å²) < 4.78 is 0. The summed E-state index contributed by atoms with van der Waals surface area (Å²) in [6.45, 7) is 2.23. The van der Waals surface area contributed by atoms with E-state index in [0.29, 0.717) is 0 Å². The number of anilines is 3. The van der Waals surface area contributed by atoms with Crippen LogP contribution < -0.4 is 10.2 Å². The van der Waals surface area contributed by atoms with Crippen LogP contribution in [0.5, 0.6) is 0 Å². The Kier molecular flexibility index (Phi) is 7.56. The van der Waals surface area contributed by atoms with Crippen LogP contribution in [0.3, 0.4) is 0 Å². The van der Waals surface area contributed by atoms with E-state index in [1.807, 2.05) is 12.1 Å². The molecular weight excluding hydrogens is 571 g/mol. The van der Waals surface area contributed by atoms with E-state index in [9.17, 15) is 0 Å². The fourth-order valence-electron chi connectivity index (χ4n) is 6.71. The minimum atomic E-state index is 0.225. The van der Waals surface area contributed by atoms with Gasteiger partial charge in [-0.1, -0.05) is 134 Å². The number of rotatable bonds is 7. The average Bonchev–Trinajstić information content (AvgIpc) is 3.54. The second-order valence-corrected chi connectivity index (χ2v) is 12.0. The van der Waals surface area contributed by atoms with Crippen molar-refractivity contribution in [3.8, 4) is 55.9 Å². The van der Waals surface area contributed by atoms with E-state index in [0.717, 1.165) is 34.5 Å². The predicted molar refractivity (Wildman–Crippen MR) is 198 cm³/mol. The molecule has 0 aliphatic carbocycles. The van der Waals surface area contributed by atoms with Crippen molar-refractivity contribution in [2.45, 2.75) is 19.5 Å². The third-order valence-electron chi connectivity index (χ3n) is 9.02. The number of hydrogen-bond donors (Lipinski definition) is 1. The van der Waals surface area contributed by atoms with Crippen LogP contribution in [-0.2, 0) is 0 Å². The second-order valence-electron chi connectivity index (χ2n) is 12.0. The third-order valence-corrected chi connectivity index (χ3v) is 9.02. The maximum Gasteiger partial charge on any atom is 0.104 e. The van der Waals surface area contributed by atoms with Gasteiger partial charge in [-0.2, -0.15) is 0 Å². The Morgan fingerprint density at radius 2 is 1.02 bits per heavy atom. The van der Waals surface area contributed by atoms with Crippen LogP contribution in [0.15, 0.2) is 170 Å². The summed E-state index contributed by atoms with van der Waals surface area (Å²) in [5.74, 6) is 0. The number of benzene rings is 6. The van der Waals surface area contributed by atoms with Gasteiger partial charge in [0.05, 0.1) is 22.8 Å². The molecule has 0 radical (unpaired) electrons. The topological polar surface area (TPSA) is 28.2 Å². The van der Waals surface area contributed by atoms with Gasteiger partial charge in [0, 0.05) is 16.8 Å². The summed E-state index contributed by atoms with van der Waals surface area (Å²) in [6.07, 6.45) is 1.22. The molecule has 47 heavy (non-hydrogen) atoms. The molecule has 1 N–H and O–H groups in total. The van der Waals surface area contributed by atoms with Crippen molar-refractivity contribution in [2.24, 2.45) is 0 Å². The molecule has 3 nitrogen and oxygen atoms in total. The van der Waals surface area contributed by atoms with E-state index in [1.54, 1.807) is 0 Å². The third kappa shape index (κ3) is 5.57. The highest BCUT2D eigenvalue weighted by atomic mass is 15.3. The number of hydrogen-bond acceptors (Lipinski definition) is 3. The summed E-state index contributed by atoms with van der Waals surface area (Å²) in [6, 6.07) is 60.5. The molecule has 0 fully saturated rings.